The van der Waals surface area contributed by atoms with Gasteiger partial charge in [0.15, 0.2) is 0 Å². The van der Waals surface area contributed by atoms with Crippen LogP contribution in [0.4, 0.5) is 10.1 Å². The maximum absolute atomic E-state index is 12.9. The van der Waals surface area contributed by atoms with Crippen LogP contribution in [0.25, 0.3) is 0 Å². The number of phenolic OH excluding ortho intramolecular Hbond substituents is 1. The highest BCUT2D eigenvalue weighted by atomic mass is 19.1. The van der Waals surface area contributed by atoms with E-state index in [0.717, 1.165) is 0 Å². The van der Waals surface area contributed by atoms with Gasteiger partial charge >= 0.3 is 0 Å². The van der Waals surface area contributed by atoms with Crippen LogP contribution >= 0.6 is 0 Å². The third kappa shape index (κ3) is 4.61. The normalized spacial score (nSPS) is 10.5. The topological polar surface area (TPSA) is 73.7 Å². The fourth-order valence-corrected chi connectivity index (χ4v) is 1.59. The molecule has 0 aliphatic carbocycles. The van der Waals surface area contributed by atoms with Gasteiger partial charge in [0.25, 0.3) is 5.91 Å². The van der Waals surface area contributed by atoms with E-state index in [4.69, 9.17) is 0 Å². The van der Waals surface area contributed by atoms with Crippen LogP contribution in [-0.2, 0) is 4.79 Å². The van der Waals surface area contributed by atoms with Gasteiger partial charge in [-0.1, -0.05) is 18.2 Å². The Morgan fingerprint density at radius 1 is 1.24 bits per heavy atom. The van der Waals surface area contributed by atoms with Crippen molar-refractivity contribution in [2.45, 2.75) is 0 Å². The summed E-state index contributed by atoms with van der Waals surface area (Å²) in [6, 6.07) is 12.4. The third-order valence-corrected chi connectivity index (χ3v) is 2.61. The molecule has 0 saturated heterocycles. The molecule has 0 unspecified atom stereocenters. The maximum atomic E-state index is 12.9. The van der Waals surface area contributed by atoms with Crippen LogP contribution in [-0.4, -0.2) is 23.8 Å². The van der Waals surface area contributed by atoms with Gasteiger partial charge in [0.1, 0.15) is 11.6 Å². The molecule has 0 aliphatic rings. The first-order chi connectivity index (χ1) is 10.1. The smallest absolute Gasteiger partial charge is 0.259 e. The van der Waals surface area contributed by atoms with E-state index in [-0.39, 0.29) is 24.0 Å². The summed E-state index contributed by atoms with van der Waals surface area (Å²) in [6.07, 6.45) is 1.34. The van der Waals surface area contributed by atoms with Gasteiger partial charge in [0.05, 0.1) is 12.8 Å². The van der Waals surface area contributed by atoms with E-state index >= 15 is 0 Å². The van der Waals surface area contributed by atoms with Crippen molar-refractivity contribution in [3.05, 3.63) is 59.9 Å². The predicted octanol–water partition coefficient (Wildman–Crippen LogP) is 2.09. The molecular weight excluding hydrogens is 273 g/mol. The second-order valence-electron chi connectivity index (χ2n) is 4.22. The van der Waals surface area contributed by atoms with E-state index in [1.54, 1.807) is 30.3 Å². The van der Waals surface area contributed by atoms with Crippen molar-refractivity contribution in [1.29, 1.82) is 0 Å². The van der Waals surface area contributed by atoms with Crippen molar-refractivity contribution in [2.75, 3.05) is 11.9 Å². The number of hydrogen-bond acceptors (Lipinski definition) is 4. The van der Waals surface area contributed by atoms with Crippen LogP contribution in [0.15, 0.2) is 53.6 Å². The molecular formula is C15H14FN3O2. The van der Waals surface area contributed by atoms with Crippen molar-refractivity contribution in [3.63, 3.8) is 0 Å². The van der Waals surface area contributed by atoms with Gasteiger partial charge in [-0.15, -0.1) is 0 Å². The second kappa shape index (κ2) is 7.04. The Bertz CT molecular complexity index is 659. The van der Waals surface area contributed by atoms with E-state index in [2.05, 4.69) is 15.8 Å². The number of halogens is 1. The fourth-order valence-electron chi connectivity index (χ4n) is 1.59. The molecule has 2 aromatic carbocycles. The number of nitrogens with one attached hydrogen (secondary N) is 2. The van der Waals surface area contributed by atoms with Crippen LogP contribution in [0, 0.1) is 5.82 Å². The van der Waals surface area contributed by atoms with Gasteiger partial charge in [-0.3, -0.25) is 4.79 Å². The standard InChI is InChI=1S/C15H14FN3O2/c16-12-5-3-6-13(8-12)17-10-15(21)19-18-9-11-4-1-2-7-14(11)20/h1-9,17,20H,10H2,(H,19,21). The molecule has 0 aliphatic heterocycles. The largest absolute Gasteiger partial charge is 0.507 e. The Morgan fingerprint density at radius 3 is 2.81 bits per heavy atom. The number of hydrazone groups is 1. The summed E-state index contributed by atoms with van der Waals surface area (Å²) >= 11 is 0. The molecule has 0 atom stereocenters. The number of carbonyl (C=O) groups is 1. The van der Waals surface area contributed by atoms with E-state index in [1.807, 2.05) is 0 Å². The molecule has 2 rings (SSSR count). The van der Waals surface area contributed by atoms with Gasteiger partial charge in [0.2, 0.25) is 0 Å². The van der Waals surface area contributed by atoms with Crippen molar-refractivity contribution in [3.8, 4) is 5.75 Å². The summed E-state index contributed by atoms with van der Waals surface area (Å²) in [6.45, 7) is -0.0401. The molecule has 5 nitrogen and oxygen atoms in total. The minimum Gasteiger partial charge on any atom is -0.507 e. The Hall–Kier alpha value is -2.89. The molecule has 3 N–H and O–H groups in total. The number of aromatic hydroxyl groups is 1. The average Bonchev–Trinajstić information content (AvgIpc) is 2.47. The molecule has 0 heterocycles. The summed E-state index contributed by atoms with van der Waals surface area (Å²) in [5.41, 5.74) is 3.31. The zero-order chi connectivity index (χ0) is 15.1. The summed E-state index contributed by atoms with van der Waals surface area (Å²) in [7, 11) is 0. The van der Waals surface area contributed by atoms with Crippen molar-refractivity contribution in [2.24, 2.45) is 5.10 Å². The number of nitrogens with zero attached hydrogens (tertiary/aromatic N) is 1. The first-order valence-corrected chi connectivity index (χ1v) is 6.24. The highest BCUT2D eigenvalue weighted by molar-refractivity contribution is 5.86. The number of para-hydroxylation sites is 1. The Balaban J connectivity index is 1.81. The van der Waals surface area contributed by atoms with Crippen LogP contribution in [0.5, 0.6) is 5.75 Å². The first-order valence-electron chi connectivity index (χ1n) is 6.24. The molecule has 0 aromatic heterocycles. The molecule has 1 amide bonds. The average molecular weight is 287 g/mol. The number of carbonyl (C=O) groups excluding carboxylic acids is 1. The summed E-state index contributed by atoms with van der Waals surface area (Å²) < 4.78 is 12.9. The molecule has 0 radical (unpaired) electrons. The lowest BCUT2D eigenvalue weighted by atomic mass is 10.2. The number of phenols is 1. The SMILES string of the molecule is O=C(CNc1cccc(F)c1)NN=Cc1ccccc1O. The summed E-state index contributed by atoms with van der Waals surface area (Å²) in [5, 5.41) is 16.0. The number of rotatable bonds is 5. The molecule has 108 valence electrons. The zero-order valence-electron chi connectivity index (χ0n) is 11.1. The minimum atomic E-state index is -0.383. The van der Waals surface area contributed by atoms with E-state index in [1.165, 1.54) is 24.4 Å². The molecule has 6 heteroatoms. The monoisotopic (exact) mass is 287 g/mol. The third-order valence-electron chi connectivity index (χ3n) is 2.61. The Morgan fingerprint density at radius 2 is 2.05 bits per heavy atom. The maximum Gasteiger partial charge on any atom is 0.259 e. The van der Waals surface area contributed by atoms with Crippen LogP contribution in [0.3, 0.4) is 0 Å². The highest BCUT2D eigenvalue weighted by Gasteiger charge is 2.00. The second-order valence-corrected chi connectivity index (χ2v) is 4.22. The van der Waals surface area contributed by atoms with E-state index in [9.17, 15) is 14.3 Å². The van der Waals surface area contributed by atoms with Crippen LogP contribution in [0.1, 0.15) is 5.56 Å². The van der Waals surface area contributed by atoms with E-state index in [0.29, 0.717) is 11.3 Å². The minimum absolute atomic E-state index is 0.0401. The summed E-state index contributed by atoms with van der Waals surface area (Å²) in [4.78, 5) is 11.5. The van der Waals surface area contributed by atoms with Crippen molar-refractivity contribution in [1.82, 2.24) is 5.43 Å². The fraction of sp³-hybridized carbons (Fsp3) is 0.0667. The molecule has 2 aromatic rings. The number of hydrogen-bond donors (Lipinski definition) is 3. The first kappa shape index (κ1) is 14.5. The number of amides is 1. The van der Waals surface area contributed by atoms with Gasteiger partial charge < -0.3 is 10.4 Å². The zero-order valence-corrected chi connectivity index (χ0v) is 11.1. The lowest BCUT2D eigenvalue weighted by Crippen LogP contribution is -2.25. The molecule has 0 bridgehead atoms. The van der Waals surface area contributed by atoms with Gasteiger partial charge in [-0.2, -0.15) is 5.10 Å². The summed E-state index contributed by atoms with van der Waals surface area (Å²) in [5.74, 6) is -0.683. The Labute approximate surface area is 121 Å². The lowest BCUT2D eigenvalue weighted by Gasteiger charge is -2.05. The lowest BCUT2D eigenvalue weighted by molar-refractivity contribution is -0.119. The van der Waals surface area contributed by atoms with Crippen molar-refractivity contribution < 1.29 is 14.3 Å². The van der Waals surface area contributed by atoms with Gasteiger partial charge in [0, 0.05) is 11.3 Å². The van der Waals surface area contributed by atoms with Crippen LogP contribution in [0.2, 0.25) is 0 Å². The molecule has 0 spiro atoms. The van der Waals surface area contributed by atoms with Crippen LogP contribution < -0.4 is 10.7 Å². The van der Waals surface area contributed by atoms with Gasteiger partial charge in [-0.05, 0) is 30.3 Å². The predicted molar refractivity (Wildman–Crippen MR) is 78.7 cm³/mol. The molecule has 21 heavy (non-hydrogen) atoms. The Kier molecular flexibility index (Phi) is 4.87. The number of anilines is 1. The molecule has 0 saturated carbocycles. The number of benzene rings is 2. The van der Waals surface area contributed by atoms with Crippen molar-refractivity contribution >= 4 is 17.8 Å². The van der Waals surface area contributed by atoms with Gasteiger partial charge in [-0.25, -0.2) is 9.82 Å². The molecule has 0 fully saturated rings. The highest BCUT2D eigenvalue weighted by Crippen LogP contribution is 2.12. The quantitative estimate of drug-likeness (QED) is 0.582. The van der Waals surface area contributed by atoms with E-state index < -0.39 is 0 Å².